The predicted octanol–water partition coefficient (Wildman–Crippen LogP) is 3.94. The second-order valence-electron chi connectivity index (χ2n) is 6.53. The number of rotatable bonds is 6. The highest BCUT2D eigenvalue weighted by Gasteiger charge is 2.14. The second-order valence-corrected chi connectivity index (χ2v) is 6.53. The lowest BCUT2D eigenvalue weighted by atomic mass is 10.1. The summed E-state index contributed by atoms with van der Waals surface area (Å²) in [4.78, 5) is 17.3. The molecular formula is C23H21N3O. The topological polar surface area (TPSA) is 46.9 Å². The van der Waals surface area contributed by atoms with Gasteiger partial charge in [0.25, 0.3) is 0 Å². The minimum Gasteiger partial charge on any atom is -0.350 e. The quantitative estimate of drug-likeness (QED) is 0.569. The van der Waals surface area contributed by atoms with Crippen molar-refractivity contribution in [3.8, 4) is 0 Å². The number of carbonyl (C=O) groups is 1. The van der Waals surface area contributed by atoms with Crippen LogP contribution in [0.1, 0.15) is 17.0 Å². The number of fused-ring (bicyclic) bond motifs is 1. The number of nitrogens with zero attached hydrogens (tertiary/aromatic N) is 2. The Labute approximate surface area is 158 Å². The highest BCUT2D eigenvalue weighted by molar-refractivity contribution is 5.81. The van der Waals surface area contributed by atoms with Crippen LogP contribution in [0, 0.1) is 0 Å². The molecule has 0 aliphatic rings. The van der Waals surface area contributed by atoms with E-state index in [-0.39, 0.29) is 12.5 Å². The second kappa shape index (κ2) is 7.87. The molecule has 0 atom stereocenters. The van der Waals surface area contributed by atoms with Crippen molar-refractivity contribution in [2.24, 2.45) is 0 Å². The van der Waals surface area contributed by atoms with Gasteiger partial charge in [0.1, 0.15) is 12.4 Å². The number of benzene rings is 3. The highest BCUT2D eigenvalue weighted by atomic mass is 16.1. The third-order valence-electron chi connectivity index (χ3n) is 4.57. The fourth-order valence-electron chi connectivity index (χ4n) is 3.21. The maximum absolute atomic E-state index is 12.6. The van der Waals surface area contributed by atoms with Gasteiger partial charge in [-0.1, -0.05) is 72.8 Å². The molecule has 0 saturated carbocycles. The Morgan fingerprint density at radius 3 is 2.19 bits per heavy atom. The van der Waals surface area contributed by atoms with E-state index in [2.05, 4.69) is 17.4 Å². The highest BCUT2D eigenvalue weighted by Crippen LogP contribution is 2.18. The van der Waals surface area contributed by atoms with Gasteiger partial charge in [-0.25, -0.2) is 4.98 Å². The van der Waals surface area contributed by atoms with Crippen LogP contribution in [0.4, 0.5) is 0 Å². The van der Waals surface area contributed by atoms with Gasteiger partial charge in [-0.3, -0.25) is 4.79 Å². The molecule has 4 nitrogen and oxygen atoms in total. The largest absolute Gasteiger partial charge is 0.350 e. The van der Waals surface area contributed by atoms with Crippen molar-refractivity contribution in [1.29, 1.82) is 0 Å². The lowest BCUT2D eigenvalue weighted by Crippen LogP contribution is -2.27. The van der Waals surface area contributed by atoms with Gasteiger partial charge < -0.3 is 9.88 Å². The van der Waals surface area contributed by atoms with E-state index in [9.17, 15) is 4.79 Å². The molecule has 1 heterocycles. The van der Waals surface area contributed by atoms with Crippen molar-refractivity contribution in [2.75, 3.05) is 0 Å². The molecule has 0 radical (unpaired) electrons. The van der Waals surface area contributed by atoms with Gasteiger partial charge >= 0.3 is 0 Å². The summed E-state index contributed by atoms with van der Waals surface area (Å²) in [6.45, 7) is 0.788. The first kappa shape index (κ1) is 17.0. The molecule has 4 aromatic rings. The van der Waals surface area contributed by atoms with Crippen LogP contribution in [-0.4, -0.2) is 15.5 Å². The normalized spacial score (nSPS) is 10.8. The third-order valence-corrected chi connectivity index (χ3v) is 4.57. The van der Waals surface area contributed by atoms with Gasteiger partial charge in [-0.2, -0.15) is 0 Å². The standard InChI is InChI=1S/C23H21N3O/c27-23(24-16-19-11-5-2-6-12-19)17-26-21-14-8-7-13-20(21)25-22(26)15-18-9-3-1-4-10-18/h1-14H,15-17H2,(H,24,27). The number of nitrogens with one attached hydrogen (secondary N) is 1. The Balaban J connectivity index is 1.56. The van der Waals surface area contributed by atoms with Gasteiger partial charge in [0.2, 0.25) is 5.91 Å². The lowest BCUT2D eigenvalue weighted by molar-refractivity contribution is -0.121. The van der Waals surface area contributed by atoms with E-state index in [1.165, 1.54) is 5.56 Å². The van der Waals surface area contributed by atoms with Crippen molar-refractivity contribution in [3.63, 3.8) is 0 Å². The minimum absolute atomic E-state index is 0.0173. The van der Waals surface area contributed by atoms with Crippen LogP contribution in [0.5, 0.6) is 0 Å². The molecule has 4 heteroatoms. The Kier molecular flexibility index (Phi) is 4.97. The van der Waals surface area contributed by atoms with E-state index in [0.29, 0.717) is 13.0 Å². The Morgan fingerprint density at radius 2 is 1.44 bits per heavy atom. The monoisotopic (exact) mass is 355 g/mol. The van der Waals surface area contributed by atoms with E-state index in [4.69, 9.17) is 4.98 Å². The molecule has 1 N–H and O–H groups in total. The fraction of sp³-hybridized carbons (Fsp3) is 0.130. The Morgan fingerprint density at radius 1 is 0.815 bits per heavy atom. The summed E-state index contributed by atoms with van der Waals surface area (Å²) < 4.78 is 2.02. The fourth-order valence-corrected chi connectivity index (χ4v) is 3.21. The molecule has 0 saturated heterocycles. The number of hydrogen-bond donors (Lipinski definition) is 1. The summed E-state index contributed by atoms with van der Waals surface area (Å²) in [6.07, 6.45) is 0.696. The Bertz CT molecular complexity index is 1040. The molecule has 4 rings (SSSR count). The van der Waals surface area contributed by atoms with Crippen LogP contribution < -0.4 is 5.32 Å². The molecular weight excluding hydrogens is 334 g/mol. The lowest BCUT2D eigenvalue weighted by Gasteiger charge is -2.10. The molecule has 1 amide bonds. The van der Waals surface area contributed by atoms with Crippen LogP contribution in [-0.2, 0) is 24.3 Å². The zero-order valence-corrected chi connectivity index (χ0v) is 15.0. The zero-order chi connectivity index (χ0) is 18.5. The van der Waals surface area contributed by atoms with Crippen LogP contribution in [0.3, 0.4) is 0 Å². The molecule has 0 aliphatic carbocycles. The summed E-state index contributed by atoms with van der Waals surface area (Å²) in [7, 11) is 0. The minimum atomic E-state index is -0.0173. The van der Waals surface area contributed by atoms with Crippen LogP contribution in [0.25, 0.3) is 11.0 Å². The molecule has 0 unspecified atom stereocenters. The maximum atomic E-state index is 12.6. The predicted molar refractivity (Wildman–Crippen MR) is 107 cm³/mol. The summed E-state index contributed by atoms with van der Waals surface area (Å²) in [6, 6.07) is 28.1. The number of para-hydroxylation sites is 2. The molecule has 0 aliphatic heterocycles. The van der Waals surface area contributed by atoms with E-state index in [1.807, 2.05) is 77.4 Å². The average Bonchev–Trinajstić information content (AvgIpc) is 3.05. The average molecular weight is 355 g/mol. The van der Waals surface area contributed by atoms with Gasteiger partial charge in [-0.05, 0) is 23.3 Å². The first-order valence-corrected chi connectivity index (χ1v) is 9.08. The molecule has 0 bridgehead atoms. The molecule has 0 spiro atoms. The van der Waals surface area contributed by atoms with Gasteiger partial charge in [0.05, 0.1) is 11.0 Å². The van der Waals surface area contributed by atoms with E-state index >= 15 is 0 Å². The number of carbonyl (C=O) groups excluding carboxylic acids is 1. The molecule has 1 aromatic heterocycles. The Hall–Kier alpha value is -3.40. The van der Waals surface area contributed by atoms with E-state index < -0.39 is 0 Å². The van der Waals surface area contributed by atoms with E-state index in [1.54, 1.807) is 0 Å². The smallest absolute Gasteiger partial charge is 0.240 e. The van der Waals surface area contributed by atoms with Crippen molar-refractivity contribution < 1.29 is 4.79 Å². The van der Waals surface area contributed by atoms with Crippen molar-refractivity contribution in [3.05, 3.63) is 102 Å². The zero-order valence-electron chi connectivity index (χ0n) is 15.0. The van der Waals surface area contributed by atoms with E-state index in [0.717, 1.165) is 22.4 Å². The van der Waals surface area contributed by atoms with Crippen molar-refractivity contribution >= 4 is 16.9 Å². The summed E-state index contributed by atoms with van der Waals surface area (Å²) in [5.74, 6) is 0.883. The van der Waals surface area contributed by atoms with Crippen molar-refractivity contribution in [1.82, 2.24) is 14.9 Å². The van der Waals surface area contributed by atoms with Crippen LogP contribution in [0.2, 0.25) is 0 Å². The number of imidazole rings is 1. The molecule has 134 valence electrons. The number of amides is 1. The maximum Gasteiger partial charge on any atom is 0.240 e. The first-order chi connectivity index (χ1) is 13.3. The van der Waals surface area contributed by atoms with Crippen LogP contribution in [0.15, 0.2) is 84.9 Å². The van der Waals surface area contributed by atoms with Gasteiger partial charge in [-0.15, -0.1) is 0 Å². The van der Waals surface area contributed by atoms with Gasteiger partial charge in [0.15, 0.2) is 0 Å². The number of hydrogen-bond acceptors (Lipinski definition) is 2. The summed E-state index contributed by atoms with van der Waals surface area (Å²) in [5, 5.41) is 3.01. The molecule has 3 aromatic carbocycles. The molecule has 27 heavy (non-hydrogen) atoms. The number of aromatic nitrogens is 2. The van der Waals surface area contributed by atoms with Gasteiger partial charge in [0, 0.05) is 13.0 Å². The van der Waals surface area contributed by atoms with Crippen molar-refractivity contribution in [2.45, 2.75) is 19.5 Å². The summed E-state index contributed by atoms with van der Waals surface area (Å²) >= 11 is 0. The first-order valence-electron chi connectivity index (χ1n) is 9.08. The SMILES string of the molecule is O=C(Cn1c(Cc2ccccc2)nc2ccccc21)NCc1ccccc1. The summed E-state index contributed by atoms with van der Waals surface area (Å²) in [5.41, 5.74) is 4.17. The molecule has 0 fully saturated rings. The van der Waals surface area contributed by atoms with Crippen LogP contribution >= 0.6 is 0 Å². The third kappa shape index (κ3) is 4.06.